The van der Waals surface area contributed by atoms with Crippen LogP contribution in [0.5, 0.6) is 0 Å². The van der Waals surface area contributed by atoms with Crippen molar-refractivity contribution in [1.29, 1.82) is 0 Å². The fraction of sp³-hybridized carbons (Fsp3) is 0.421. The normalized spacial score (nSPS) is 25.6. The summed E-state index contributed by atoms with van der Waals surface area (Å²) in [4.78, 5) is 23.0. The number of amides is 1. The van der Waals surface area contributed by atoms with Gasteiger partial charge in [-0.3, -0.25) is 14.8 Å². The number of ether oxygens (including phenoxy) is 2. The Morgan fingerprint density at radius 2 is 2.08 bits per heavy atom. The molecule has 0 radical (unpaired) electrons. The minimum atomic E-state index is -0.119. The van der Waals surface area contributed by atoms with Gasteiger partial charge < -0.3 is 14.4 Å². The molecule has 130 valence electrons. The summed E-state index contributed by atoms with van der Waals surface area (Å²) in [5.41, 5.74) is 1.63. The van der Waals surface area contributed by atoms with Crippen molar-refractivity contribution in [3.63, 3.8) is 0 Å². The van der Waals surface area contributed by atoms with Gasteiger partial charge in [0.15, 0.2) is 0 Å². The number of aromatic nitrogens is 2. The molecule has 4 heterocycles. The SMILES string of the molecule is O=C(c1cccnc1)N1C[C@@H](OCc2cccnc2)[C@H]2OCCC[C@H]21. The lowest BCUT2D eigenvalue weighted by Gasteiger charge is -2.32. The third-order valence-corrected chi connectivity index (χ3v) is 4.83. The number of likely N-dealkylation sites (tertiary alicyclic amines) is 1. The van der Waals surface area contributed by atoms with Crippen LogP contribution in [0.15, 0.2) is 49.1 Å². The molecule has 4 rings (SSSR count). The van der Waals surface area contributed by atoms with Crippen LogP contribution >= 0.6 is 0 Å². The first-order valence-corrected chi connectivity index (χ1v) is 8.66. The summed E-state index contributed by atoms with van der Waals surface area (Å²) in [5.74, 6) is 0.000998. The quantitative estimate of drug-likeness (QED) is 0.853. The molecule has 1 amide bonds. The number of carbonyl (C=O) groups excluding carboxylic acids is 1. The molecule has 25 heavy (non-hydrogen) atoms. The number of rotatable bonds is 4. The molecule has 0 aromatic carbocycles. The molecule has 0 spiro atoms. The Bertz CT molecular complexity index is 710. The topological polar surface area (TPSA) is 64.6 Å². The highest BCUT2D eigenvalue weighted by Gasteiger charge is 2.46. The lowest BCUT2D eigenvalue weighted by Crippen LogP contribution is -2.43. The second-order valence-electron chi connectivity index (χ2n) is 6.45. The van der Waals surface area contributed by atoms with E-state index in [1.807, 2.05) is 17.0 Å². The molecule has 2 fully saturated rings. The number of fused-ring (bicyclic) bond motifs is 1. The predicted molar refractivity (Wildman–Crippen MR) is 90.8 cm³/mol. The summed E-state index contributed by atoms with van der Waals surface area (Å²) in [6.45, 7) is 1.74. The molecule has 0 saturated carbocycles. The lowest BCUT2D eigenvalue weighted by atomic mass is 10.0. The summed E-state index contributed by atoms with van der Waals surface area (Å²) in [6, 6.07) is 7.54. The summed E-state index contributed by atoms with van der Waals surface area (Å²) >= 11 is 0. The molecular weight excluding hydrogens is 318 g/mol. The molecule has 2 aliphatic rings. The molecule has 2 aliphatic heterocycles. The van der Waals surface area contributed by atoms with E-state index in [9.17, 15) is 4.79 Å². The van der Waals surface area contributed by atoms with Gasteiger partial charge in [0.1, 0.15) is 12.2 Å². The van der Waals surface area contributed by atoms with Crippen molar-refractivity contribution in [2.75, 3.05) is 13.2 Å². The van der Waals surface area contributed by atoms with E-state index in [-0.39, 0.29) is 24.2 Å². The standard InChI is InChI=1S/C19H21N3O3/c23-19(15-5-2-8-21-11-15)22-12-17(18-16(22)6-3-9-24-18)25-13-14-4-1-7-20-10-14/h1-2,4-5,7-8,10-11,16-18H,3,6,9,12-13H2/t16-,17-,18+/m1/s1. The second kappa shape index (κ2) is 7.29. The highest BCUT2D eigenvalue weighted by atomic mass is 16.5. The van der Waals surface area contributed by atoms with Crippen molar-refractivity contribution in [2.45, 2.75) is 37.7 Å². The Kier molecular flexibility index (Phi) is 4.72. The highest BCUT2D eigenvalue weighted by molar-refractivity contribution is 5.94. The molecule has 3 atom stereocenters. The van der Waals surface area contributed by atoms with Gasteiger partial charge in [-0.1, -0.05) is 6.07 Å². The van der Waals surface area contributed by atoms with Crippen molar-refractivity contribution in [3.05, 3.63) is 60.2 Å². The predicted octanol–water partition coefficient (Wildman–Crippen LogP) is 2.07. The van der Waals surface area contributed by atoms with E-state index in [1.165, 1.54) is 0 Å². The number of carbonyl (C=O) groups is 1. The number of hydrogen-bond acceptors (Lipinski definition) is 5. The Morgan fingerprint density at radius 1 is 1.24 bits per heavy atom. The average Bonchev–Trinajstić information content (AvgIpc) is 3.06. The van der Waals surface area contributed by atoms with Crippen molar-refractivity contribution >= 4 is 5.91 Å². The molecule has 2 aromatic heterocycles. The van der Waals surface area contributed by atoms with Crippen LogP contribution in [0.25, 0.3) is 0 Å². The van der Waals surface area contributed by atoms with E-state index < -0.39 is 0 Å². The zero-order valence-corrected chi connectivity index (χ0v) is 14.0. The fourth-order valence-electron chi connectivity index (χ4n) is 3.63. The zero-order valence-electron chi connectivity index (χ0n) is 14.0. The highest BCUT2D eigenvalue weighted by Crippen LogP contribution is 2.32. The minimum absolute atomic E-state index is 0.000998. The van der Waals surface area contributed by atoms with Crippen LogP contribution in [-0.2, 0) is 16.1 Å². The van der Waals surface area contributed by atoms with Crippen molar-refractivity contribution in [1.82, 2.24) is 14.9 Å². The smallest absolute Gasteiger partial charge is 0.255 e. The monoisotopic (exact) mass is 339 g/mol. The maximum absolute atomic E-state index is 12.9. The summed E-state index contributed by atoms with van der Waals surface area (Å²) < 4.78 is 12.1. The first-order chi connectivity index (χ1) is 12.3. The maximum atomic E-state index is 12.9. The molecule has 6 heteroatoms. The number of nitrogens with zero attached hydrogens (tertiary/aromatic N) is 3. The van der Waals surface area contributed by atoms with Crippen LogP contribution in [0, 0.1) is 0 Å². The van der Waals surface area contributed by atoms with Crippen LogP contribution in [0.3, 0.4) is 0 Å². The summed E-state index contributed by atoms with van der Waals surface area (Å²) in [7, 11) is 0. The zero-order chi connectivity index (χ0) is 17.1. The number of hydrogen-bond donors (Lipinski definition) is 0. The van der Waals surface area contributed by atoms with Gasteiger partial charge >= 0.3 is 0 Å². The summed E-state index contributed by atoms with van der Waals surface area (Å²) in [5, 5.41) is 0. The molecule has 0 aliphatic carbocycles. The van der Waals surface area contributed by atoms with E-state index in [0.717, 1.165) is 25.0 Å². The lowest BCUT2D eigenvalue weighted by molar-refractivity contribution is -0.0810. The van der Waals surface area contributed by atoms with E-state index >= 15 is 0 Å². The minimum Gasteiger partial charge on any atom is -0.373 e. The van der Waals surface area contributed by atoms with Crippen LogP contribution < -0.4 is 0 Å². The number of pyridine rings is 2. The van der Waals surface area contributed by atoms with Crippen molar-refractivity contribution in [2.24, 2.45) is 0 Å². The Hall–Kier alpha value is -2.31. The molecular formula is C19H21N3O3. The van der Waals surface area contributed by atoms with Gasteiger partial charge in [-0.05, 0) is 36.6 Å². The molecule has 2 aromatic rings. The van der Waals surface area contributed by atoms with Gasteiger partial charge in [-0.15, -0.1) is 0 Å². The molecule has 0 N–H and O–H groups in total. The van der Waals surface area contributed by atoms with Crippen molar-refractivity contribution < 1.29 is 14.3 Å². The van der Waals surface area contributed by atoms with E-state index in [4.69, 9.17) is 9.47 Å². The van der Waals surface area contributed by atoms with Crippen LogP contribution in [0.2, 0.25) is 0 Å². The largest absolute Gasteiger partial charge is 0.373 e. The van der Waals surface area contributed by atoms with Gasteiger partial charge in [0, 0.05) is 31.4 Å². The molecule has 6 nitrogen and oxygen atoms in total. The van der Waals surface area contributed by atoms with Gasteiger partial charge in [-0.25, -0.2) is 0 Å². The maximum Gasteiger partial charge on any atom is 0.255 e. The summed E-state index contributed by atoms with van der Waals surface area (Å²) in [6.07, 6.45) is 8.56. The van der Waals surface area contributed by atoms with Crippen LogP contribution in [-0.4, -0.2) is 52.2 Å². The second-order valence-corrected chi connectivity index (χ2v) is 6.45. The first kappa shape index (κ1) is 16.2. The third kappa shape index (κ3) is 3.41. The van der Waals surface area contributed by atoms with E-state index in [2.05, 4.69) is 9.97 Å². The Morgan fingerprint density at radius 3 is 2.84 bits per heavy atom. The van der Waals surface area contributed by atoms with Gasteiger partial charge in [0.25, 0.3) is 5.91 Å². The van der Waals surface area contributed by atoms with E-state index in [0.29, 0.717) is 18.7 Å². The first-order valence-electron chi connectivity index (χ1n) is 8.66. The van der Waals surface area contributed by atoms with Crippen LogP contribution in [0.4, 0.5) is 0 Å². The fourth-order valence-corrected chi connectivity index (χ4v) is 3.63. The molecule has 0 unspecified atom stereocenters. The molecule has 2 saturated heterocycles. The third-order valence-electron chi connectivity index (χ3n) is 4.83. The average molecular weight is 339 g/mol. The Labute approximate surface area is 146 Å². The van der Waals surface area contributed by atoms with Crippen molar-refractivity contribution in [3.8, 4) is 0 Å². The van der Waals surface area contributed by atoms with E-state index in [1.54, 1.807) is 36.9 Å². The molecule has 0 bridgehead atoms. The van der Waals surface area contributed by atoms with Gasteiger partial charge in [0.05, 0.1) is 24.8 Å². The van der Waals surface area contributed by atoms with Crippen LogP contribution in [0.1, 0.15) is 28.8 Å². The van der Waals surface area contributed by atoms with Gasteiger partial charge in [-0.2, -0.15) is 0 Å². The Balaban J connectivity index is 1.48. The van der Waals surface area contributed by atoms with Gasteiger partial charge in [0.2, 0.25) is 0 Å².